The molecule has 0 saturated carbocycles. The summed E-state index contributed by atoms with van der Waals surface area (Å²) < 4.78 is 34.1. The highest BCUT2D eigenvalue weighted by molar-refractivity contribution is 7.92. The van der Waals surface area contributed by atoms with Crippen molar-refractivity contribution in [1.82, 2.24) is 4.98 Å². The van der Waals surface area contributed by atoms with Gasteiger partial charge in [-0.15, -0.1) is 0 Å². The number of sulfone groups is 1. The fourth-order valence-corrected chi connectivity index (χ4v) is 2.64. The predicted octanol–water partition coefficient (Wildman–Crippen LogP) is 0.430. The molecule has 1 aliphatic rings. The normalized spacial score (nSPS) is 20.1. The Morgan fingerprint density at radius 1 is 1.43 bits per heavy atom. The number of rotatable bonds is 2. The molecule has 0 radical (unpaired) electrons. The molecule has 1 aromatic heterocycles. The summed E-state index contributed by atoms with van der Waals surface area (Å²) in [7, 11) is -2.82. The topological polar surface area (TPSA) is 59.1 Å². The van der Waals surface area contributed by atoms with Crippen molar-refractivity contribution in [3.8, 4) is 0 Å². The van der Waals surface area contributed by atoms with Gasteiger partial charge in [-0.2, -0.15) is 4.39 Å². The Balaban J connectivity index is 1.97. The molecule has 14 heavy (non-hydrogen) atoms. The van der Waals surface area contributed by atoms with E-state index in [1.807, 2.05) is 0 Å². The van der Waals surface area contributed by atoms with Gasteiger partial charge in [0.2, 0.25) is 5.95 Å². The Kier molecular flexibility index (Phi) is 2.14. The third-order valence-electron chi connectivity index (χ3n) is 2.01. The Hall–Kier alpha value is -1.17. The lowest BCUT2D eigenvalue weighted by Crippen LogP contribution is -2.46. The number of hydrogen-bond acceptors (Lipinski definition) is 4. The van der Waals surface area contributed by atoms with E-state index < -0.39 is 15.8 Å². The maximum Gasteiger partial charge on any atom is 0.212 e. The summed E-state index contributed by atoms with van der Waals surface area (Å²) in [5.74, 6) is -0.258. The monoisotopic (exact) mass is 216 g/mol. The largest absolute Gasteiger partial charge is 0.379 e. The van der Waals surface area contributed by atoms with E-state index in [1.54, 1.807) is 0 Å². The SMILES string of the molecule is O=S1(=O)CC(Nc2ccc(F)nc2)C1. The number of nitrogens with zero attached hydrogens (tertiary/aromatic N) is 1. The zero-order chi connectivity index (χ0) is 10.2. The molecule has 0 aromatic carbocycles. The lowest BCUT2D eigenvalue weighted by atomic mass is 10.3. The first-order chi connectivity index (χ1) is 6.55. The molecule has 0 aliphatic carbocycles. The van der Waals surface area contributed by atoms with Crippen molar-refractivity contribution in [3.63, 3.8) is 0 Å². The van der Waals surface area contributed by atoms with E-state index in [4.69, 9.17) is 0 Å². The van der Waals surface area contributed by atoms with Crippen LogP contribution in [-0.2, 0) is 9.84 Å². The second-order valence-electron chi connectivity index (χ2n) is 3.29. The molecule has 1 fully saturated rings. The molecule has 2 rings (SSSR count). The maximum atomic E-state index is 12.4. The summed E-state index contributed by atoms with van der Waals surface area (Å²) >= 11 is 0. The van der Waals surface area contributed by atoms with Gasteiger partial charge in [-0.05, 0) is 12.1 Å². The highest BCUT2D eigenvalue weighted by Gasteiger charge is 2.33. The second kappa shape index (κ2) is 3.20. The Bertz CT molecular complexity index is 417. The summed E-state index contributed by atoms with van der Waals surface area (Å²) in [4.78, 5) is 3.45. The van der Waals surface area contributed by atoms with Gasteiger partial charge in [0.25, 0.3) is 0 Å². The zero-order valence-electron chi connectivity index (χ0n) is 7.27. The lowest BCUT2D eigenvalue weighted by molar-refractivity contribution is 0.569. The van der Waals surface area contributed by atoms with Crippen LogP contribution in [0, 0.1) is 5.95 Å². The highest BCUT2D eigenvalue weighted by Crippen LogP contribution is 2.16. The Morgan fingerprint density at radius 2 is 2.14 bits per heavy atom. The minimum Gasteiger partial charge on any atom is -0.379 e. The predicted molar refractivity (Wildman–Crippen MR) is 50.3 cm³/mol. The van der Waals surface area contributed by atoms with Gasteiger partial charge in [0.15, 0.2) is 9.84 Å². The van der Waals surface area contributed by atoms with Gasteiger partial charge >= 0.3 is 0 Å². The highest BCUT2D eigenvalue weighted by atomic mass is 32.2. The molecule has 0 spiro atoms. The van der Waals surface area contributed by atoms with Crippen LogP contribution in [0.1, 0.15) is 0 Å². The summed E-state index contributed by atoms with van der Waals surface area (Å²) in [6, 6.07) is 2.70. The number of aromatic nitrogens is 1. The number of nitrogens with one attached hydrogen (secondary N) is 1. The van der Waals surface area contributed by atoms with Crippen LogP contribution in [-0.4, -0.2) is 30.9 Å². The van der Waals surface area contributed by atoms with Gasteiger partial charge in [-0.3, -0.25) is 0 Å². The molecule has 1 aromatic rings. The van der Waals surface area contributed by atoms with Gasteiger partial charge in [-0.1, -0.05) is 0 Å². The van der Waals surface area contributed by atoms with E-state index in [-0.39, 0.29) is 17.5 Å². The van der Waals surface area contributed by atoms with E-state index >= 15 is 0 Å². The molecule has 76 valence electrons. The smallest absolute Gasteiger partial charge is 0.212 e. The lowest BCUT2D eigenvalue weighted by Gasteiger charge is -2.27. The third kappa shape index (κ3) is 2.01. The van der Waals surface area contributed by atoms with Crippen LogP contribution in [0.25, 0.3) is 0 Å². The molecule has 4 nitrogen and oxygen atoms in total. The van der Waals surface area contributed by atoms with Crippen molar-refractivity contribution in [2.45, 2.75) is 6.04 Å². The summed E-state index contributed by atoms with van der Waals surface area (Å²) in [5.41, 5.74) is 0.645. The van der Waals surface area contributed by atoms with Crippen molar-refractivity contribution >= 4 is 15.5 Å². The first-order valence-corrected chi connectivity index (χ1v) is 5.96. The first-order valence-electron chi connectivity index (χ1n) is 4.14. The molecule has 0 bridgehead atoms. The Morgan fingerprint density at radius 3 is 2.64 bits per heavy atom. The van der Waals surface area contributed by atoms with Gasteiger partial charge in [0.05, 0.1) is 29.4 Å². The number of anilines is 1. The van der Waals surface area contributed by atoms with Crippen molar-refractivity contribution in [2.75, 3.05) is 16.8 Å². The molecule has 1 aliphatic heterocycles. The van der Waals surface area contributed by atoms with Crippen LogP contribution >= 0.6 is 0 Å². The molecule has 1 N–H and O–H groups in total. The van der Waals surface area contributed by atoms with E-state index in [1.165, 1.54) is 18.3 Å². The maximum absolute atomic E-state index is 12.4. The summed E-state index contributed by atoms with van der Waals surface area (Å²) in [6.45, 7) is 0. The van der Waals surface area contributed by atoms with E-state index in [0.717, 1.165) is 0 Å². The average molecular weight is 216 g/mol. The third-order valence-corrected chi connectivity index (χ3v) is 3.83. The minimum atomic E-state index is -2.82. The zero-order valence-corrected chi connectivity index (χ0v) is 8.09. The molecule has 0 unspecified atom stereocenters. The van der Waals surface area contributed by atoms with Crippen LogP contribution in [0.4, 0.5) is 10.1 Å². The number of halogens is 1. The van der Waals surface area contributed by atoms with E-state index in [2.05, 4.69) is 10.3 Å². The second-order valence-corrected chi connectivity index (χ2v) is 5.44. The first kappa shape index (κ1) is 9.39. The van der Waals surface area contributed by atoms with Crippen molar-refractivity contribution in [1.29, 1.82) is 0 Å². The molecular formula is C8H9FN2O2S. The fraction of sp³-hybridized carbons (Fsp3) is 0.375. The van der Waals surface area contributed by atoms with Gasteiger partial charge in [-0.25, -0.2) is 13.4 Å². The molecule has 2 heterocycles. The van der Waals surface area contributed by atoms with Gasteiger partial charge in [0.1, 0.15) is 0 Å². The number of hydrogen-bond donors (Lipinski definition) is 1. The van der Waals surface area contributed by atoms with E-state index in [9.17, 15) is 12.8 Å². The van der Waals surface area contributed by atoms with Crippen molar-refractivity contribution in [3.05, 3.63) is 24.3 Å². The standard InChI is InChI=1S/C8H9FN2O2S/c9-8-2-1-6(3-10-8)11-7-4-14(12,13)5-7/h1-3,7,11H,4-5H2. The minimum absolute atomic E-state index is 0.0627. The fourth-order valence-electron chi connectivity index (χ4n) is 1.34. The molecule has 0 amide bonds. The molecular weight excluding hydrogens is 207 g/mol. The van der Waals surface area contributed by atoms with Crippen molar-refractivity contribution < 1.29 is 12.8 Å². The molecule has 0 atom stereocenters. The van der Waals surface area contributed by atoms with Crippen LogP contribution in [0.2, 0.25) is 0 Å². The van der Waals surface area contributed by atoms with Crippen LogP contribution < -0.4 is 5.32 Å². The Labute approximate surface area is 81.1 Å². The van der Waals surface area contributed by atoms with Crippen LogP contribution in [0.3, 0.4) is 0 Å². The van der Waals surface area contributed by atoms with Crippen molar-refractivity contribution in [2.24, 2.45) is 0 Å². The average Bonchev–Trinajstić information content (AvgIpc) is 2.06. The molecule has 6 heteroatoms. The van der Waals surface area contributed by atoms with Crippen LogP contribution in [0.15, 0.2) is 18.3 Å². The van der Waals surface area contributed by atoms with E-state index in [0.29, 0.717) is 5.69 Å². The summed E-state index contributed by atoms with van der Waals surface area (Å²) in [6.07, 6.45) is 1.35. The number of pyridine rings is 1. The van der Waals surface area contributed by atoms with Gasteiger partial charge < -0.3 is 5.32 Å². The van der Waals surface area contributed by atoms with Crippen LogP contribution in [0.5, 0.6) is 0 Å². The molecule has 1 saturated heterocycles. The van der Waals surface area contributed by atoms with Gasteiger partial charge in [0, 0.05) is 0 Å². The quantitative estimate of drug-likeness (QED) is 0.728. The summed E-state index contributed by atoms with van der Waals surface area (Å²) in [5, 5.41) is 2.95.